The zero-order valence-corrected chi connectivity index (χ0v) is 9.06. The lowest BCUT2D eigenvalue weighted by molar-refractivity contribution is -0.133. The molecule has 1 atom stereocenters. The Labute approximate surface area is 93.8 Å². The van der Waals surface area contributed by atoms with E-state index >= 15 is 0 Å². The first kappa shape index (κ1) is 12.1. The molecule has 0 amide bonds. The summed E-state index contributed by atoms with van der Waals surface area (Å²) in [5.41, 5.74) is 0.566. The Morgan fingerprint density at radius 1 is 1.44 bits per heavy atom. The molecule has 0 bridgehead atoms. The fraction of sp³-hybridized carbons (Fsp3) is 0.250. The first-order chi connectivity index (χ1) is 7.67. The highest BCUT2D eigenvalue weighted by atomic mass is 16.5. The summed E-state index contributed by atoms with van der Waals surface area (Å²) in [4.78, 5) is 10.7. The lowest BCUT2D eigenvalue weighted by Gasteiger charge is -2.05. The van der Waals surface area contributed by atoms with E-state index in [0.717, 1.165) is 0 Å². The number of methoxy groups -OCH3 is 2. The topological polar surface area (TPSA) is 55.8 Å². The molecule has 0 fully saturated rings. The van der Waals surface area contributed by atoms with Gasteiger partial charge in [0.2, 0.25) is 0 Å². The number of aliphatic hydroxyl groups is 1. The number of carbonyl (C=O) groups is 1. The molecule has 0 aliphatic carbocycles. The van der Waals surface area contributed by atoms with Crippen LogP contribution in [-0.2, 0) is 9.53 Å². The molecule has 0 radical (unpaired) electrons. The van der Waals surface area contributed by atoms with Crippen molar-refractivity contribution in [1.82, 2.24) is 0 Å². The van der Waals surface area contributed by atoms with Crippen LogP contribution in [0.5, 0.6) is 5.75 Å². The van der Waals surface area contributed by atoms with E-state index in [9.17, 15) is 9.90 Å². The van der Waals surface area contributed by atoms with Crippen molar-refractivity contribution in [3.8, 4) is 17.6 Å². The number of hydrogen-bond donors (Lipinski definition) is 1. The van der Waals surface area contributed by atoms with Crippen LogP contribution >= 0.6 is 0 Å². The van der Waals surface area contributed by atoms with Crippen molar-refractivity contribution >= 4 is 5.97 Å². The number of ether oxygens (including phenoxy) is 2. The first-order valence-electron chi connectivity index (χ1n) is 4.59. The molecule has 1 aromatic rings. The van der Waals surface area contributed by atoms with E-state index in [2.05, 4.69) is 16.6 Å². The minimum Gasteiger partial charge on any atom is -0.497 e. The molecular weight excluding hydrogens is 208 g/mol. The van der Waals surface area contributed by atoms with Gasteiger partial charge in [-0.3, -0.25) is 0 Å². The van der Waals surface area contributed by atoms with Crippen LogP contribution in [0.1, 0.15) is 11.7 Å². The standard InChI is InChI=1S/C12H12O4/c1-15-10-5-3-4-9(8-10)11(13)6-7-12(14)16-2/h3-5,8,11,13H,1-2H3. The zero-order valence-electron chi connectivity index (χ0n) is 9.06. The Kier molecular flexibility index (Phi) is 4.37. The summed E-state index contributed by atoms with van der Waals surface area (Å²) >= 11 is 0. The van der Waals surface area contributed by atoms with E-state index in [1.807, 2.05) is 0 Å². The third-order valence-electron chi connectivity index (χ3n) is 1.91. The van der Waals surface area contributed by atoms with Gasteiger partial charge >= 0.3 is 5.97 Å². The van der Waals surface area contributed by atoms with E-state index in [4.69, 9.17) is 4.74 Å². The number of hydrogen-bond acceptors (Lipinski definition) is 4. The highest BCUT2D eigenvalue weighted by Crippen LogP contribution is 2.18. The van der Waals surface area contributed by atoms with E-state index in [1.54, 1.807) is 24.3 Å². The van der Waals surface area contributed by atoms with Crippen molar-refractivity contribution in [3.05, 3.63) is 29.8 Å². The van der Waals surface area contributed by atoms with Crippen LogP contribution in [-0.4, -0.2) is 25.3 Å². The number of benzene rings is 1. The molecule has 16 heavy (non-hydrogen) atoms. The quantitative estimate of drug-likeness (QED) is 0.457. The Balaban J connectivity index is 2.82. The van der Waals surface area contributed by atoms with Crippen LogP contribution in [0.3, 0.4) is 0 Å². The third kappa shape index (κ3) is 3.30. The smallest absolute Gasteiger partial charge is 0.384 e. The lowest BCUT2D eigenvalue weighted by atomic mass is 10.1. The second-order valence-corrected chi connectivity index (χ2v) is 2.94. The van der Waals surface area contributed by atoms with Gasteiger partial charge < -0.3 is 14.6 Å². The van der Waals surface area contributed by atoms with Gasteiger partial charge in [0.05, 0.1) is 14.2 Å². The van der Waals surface area contributed by atoms with Crippen LogP contribution in [0.15, 0.2) is 24.3 Å². The Morgan fingerprint density at radius 3 is 2.81 bits per heavy atom. The SMILES string of the molecule is COC(=O)C#CC(O)c1cccc(OC)c1. The summed E-state index contributed by atoms with van der Waals surface area (Å²) in [7, 11) is 2.76. The Hall–Kier alpha value is -1.99. The number of rotatable bonds is 2. The molecule has 84 valence electrons. The fourth-order valence-corrected chi connectivity index (χ4v) is 1.07. The van der Waals surface area contributed by atoms with E-state index in [-0.39, 0.29) is 0 Å². The van der Waals surface area contributed by atoms with Crippen molar-refractivity contribution in [1.29, 1.82) is 0 Å². The summed E-state index contributed by atoms with van der Waals surface area (Å²) < 4.78 is 9.33. The van der Waals surface area contributed by atoms with Crippen molar-refractivity contribution in [2.45, 2.75) is 6.10 Å². The maximum absolute atomic E-state index is 10.7. The van der Waals surface area contributed by atoms with Gasteiger partial charge in [0.25, 0.3) is 0 Å². The van der Waals surface area contributed by atoms with E-state index in [1.165, 1.54) is 14.2 Å². The predicted molar refractivity (Wildman–Crippen MR) is 57.7 cm³/mol. The summed E-state index contributed by atoms with van der Waals surface area (Å²) in [5, 5.41) is 9.65. The minimum atomic E-state index is -1.03. The highest BCUT2D eigenvalue weighted by molar-refractivity contribution is 5.88. The lowest BCUT2D eigenvalue weighted by Crippen LogP contribution is -1.98. The fourth-order valence-electron chi connectivity index (χ4n) is 1.07. The van der Waals surface area contributed by atoms with E-state index < -0.39 is 12.1 Å². The van der Waals surface area contributed by atoms with E-state index in [0.29, 0.717) is 11.3 Å². The number of aliphatic hydroxyl groups excluding tert-OH is 1. The molecule has 1 N–H and O–H groups in total. The Bertz CT molecular complexity index is 428. The maximum Gasteiger partial charge on any atom is 0.384 e. The van der Waals surface area contributed by atoms with Crippen molar-refractivity contribution < 1.29 is 19.4 Å². The van der Waals surface area contributed by atoms with Crippen LogP contribution in [0.25, 0.3) is 0 Å². The monoisotopic (exact) mass is 220 g/mol. The molecule has 0 saturated heterocycles. The average molecular weight is 220 g/mol. The summed E-state index contributed by atoms with van der Waals surface area (Å²) in [5.74, 6) is 4.49. The number of carbonyl (C=O) groups excluding carboxylic acids is 1. The van der Waals surface area contributed by atoms with Gasteiger partial charge in [-0.15, -0.1) is 0 Å². The van der Waals surface area contributed by atoms with Gasteiger partial charge in [0.1, 0.15) is 11.9 Å². The molecule has 0 aromatic heterocycles. The zero-order chi connectivity index (χ0) is 12.0. The van der Waals surface area contributed by atoms with Crippen LogP contribution in [0, 0.1) is 11.8 Å². The van der Waals surface area contributed by atoms with Crippen LogP contribution in [0.2, 0.25) is 0 Å². The van der Waals surface area contributed by atoms with Gasteiger partial charge in [-0.1, -0.05) is 18.1 Å². The van der Waals surface area contributed by atoms with Crippen molar-refractivity contribution in [2.24, 2.45) is 0 Å². The van der Waals surface area contributed by atoms with Gasteiger partial charge in [-0.05, 0) is 17.7 Å². The molecule has 0 spiro atoms. The first-order valence-corrected chi connectivity index (χ1v) is 4.59. The Morgan fingerprint density at radius 2 is 2.19 bits per heavy atom. The number of esters is 1. The molecule has 4 nitrogen and oxygen atoms in total. The molecule has 0 aliphatic heterocycles. The molecule has 0 saturated carbocycles. The normalized spacial score (nSPS) is 10.9. The molecule has 1 unspecified atom stereocenters. The van der Waals surface area contributed by atoms with Gasteiger partial charge in [-0.2, -0.15) is 0 Å². The van der Waals surface area contributed by atoms with Gasteiger partial charge in [0, 0.05) is 5.92 Å². The average Bonchev–Trinajstić information content (AvgIpc) is 2.35. The van der Waals surface area contributed by atoms with Gasteiger partial charge in [0.15, 0.2) is 0 Å². The molecule has 1 rings (SSSR count). The van der Waals surface area contributed by atoms with Gasteiger partial charge in [-0.25, -0.2) is 4.79 Å². The third-order valence-corrected chi connectivity index (χ3v) is 1.91. The summed E-state index contributed by atoms with van der Waals surface area (Å²) in [6.07, 6.45) is -1.03. The molecule has 4 heteroatoms. The molecule has 0 heterocycles. The second-order valence-electron chi connectivity index (χ2n) is 2.94. The largest absolute Gasteiger partial charge is 0.497 e. The molecule has 1 aromatic carbocycles. The predicted octanol–water partition coefficient (Wildman–Crippen LogP) is 0.905. The summed E-state index contributed by atoms with van der Waals surface area (Å²) in [6.45, 7) is 0. The maximum atomic E-state index is 10.7. The highest BCUT2D eigenvalue weighted by Gasteiger charge is 2.05. The van der Waals surface area contributed by atoms with Crippen molar-refractivity contribution in [2.75, 3.05) is 14.2 Å². The van der Waals surface area contributed by atoms with Crippen molar-refractivity contribution in [3.63, 3.8) is 0 Å². The minimum absolute atomic E-state index is 0.566. The molecular formula is C12H12O4. The van der Waals surface area contributed by atoms with Crippen LogP contribution in [0.4, 0.5) is 0 Å². The second kappa shape index (κ2) is 5.79. The molecule has 0 aliphatic rings. The summed E-state index contributed by atoms with van der Waals surface area (Å²) in [6, 6.07) is 6.83. The van der Waals surface area contributed by atoms with Crippen LogP contribution < -0.4 is 4.74 Å².